The molecule has 0 aliphatic heterocycles. The number of hydrogen-bond donors (Lipinski definition) is 1. The summed E-state index contributed by atoms with van der Waals surface area (Å²) < 4.78 is 72.4. The lowest BCUT2D eigenvalue weighted by Crippen LogP contribution is -2.24. The van der Waals surface area contributed by atoms with Gasteiger partial charge in [0.1, 0.15) is 16.3 Å². The molecular weight excluding hydrogens is 349 g/mol. The molecule has 24 heavy (non-hydrogen) atoms. The van der Waals surface area contributed by atoms with E-state index in [4.69, 9.17) is 4.52 Å². The molecular formula is C14H15F3N2O4S. The van der Waals surface area contributed by atoms with E-state index in [1.165, 1.54) is 38.1 Å². The van der Waals surface area contributed by atoms with Crippen LogP contribution < -0.4 is 9.46 Å². The number of benzene rings is 1. The number of aromatic nitrogens is 1. The van der Waals surface area contributed by atoms with Crippen molar-refractivity contribution >= 4 is 10.0 Å². The highest BCUT2D eigenvalue weighted by Gasteiger charge is 2.28. The largest absolute Gasteiger partial charge is 0.484 e. The predicted molar refractivity (Wildman–Crippen MR) is 78.0 cm³/mol. The smallest absolute Gasteiger partial charge is 0.422 e. The predicted octanol–water partition coefficient (Wildman–Crippen LogP) is 2.71. The van der Waals surface area contributed by atoms with Gasteiger partial charge < -0.3 is 9.26 Å². The average Bonchev–Trinajstić information content (AvgIpc) is 2.83. The van der Waals surface area contributed by atoms with Gasteiger partial charge in [0.05, 0.1) is 0 Å². The van der Waals surface area contributed by atoms with Gasteiger partial charge in [0.25, 0.3) is 0 Å². The molecule has 6 nitrogen and oxygen atoms in total. The third kappa shape index (κ3) is 4.71. The van der Waals surface area contributed by atoms with Gasteiger partial charge in [0, 0.05) is 6.54 Å². The van der Waals surface area contributed by atoms with Crippen LogP contribution in [0.15, 0.2) is 33.7 Å². The summed E-state index contributed by atoms with van der Waals surface area (Å²) >= 11 is 0. The molecule has 0 spiro atoms. The normalized spacial score (nSPS) is 12.4. The third-order valence-corrected chi connectivity index (χ3v) is 4.67. The van der Waals surface area contributed by atoms with Crippen LogP contribution in [0.5, 0.6) is 5.75 Å². The van der Waals surface area contributed by atoms with Gasteiger partial charge in [-0.05, 0) is 31.5 Å². The number of hydrogen-bond acceptors (Lipinski definition) is 5. The molecule has 1 heterocycles. The highest BCUT2D eigenvalue weighted by atomic mass is 32.2. The summed E-state index contributed by atoms with van der Waals surface area (Å²) in [6, 6.07) is 5.62. The molecule has 10 heteroatoms. The molecule has 2 rings (SSSR count). The Kier molecular flexibility index (Phi) is 5.19. The number of rotatable bonds is 6. The zero-order valence-electron chi connectivity index (χ0n) is 12.8. The second-order valence-corrected chi connectivity index (χ2v) is 6.73. The first kappa shape index (κ1) is 18.3. The quantitative estimate of drug-likeness (QED) is 0.852. The zero-order chi connectivity index (χ0) is 18.0. The van der Waals surface area contributed by atoms with E-state index in [0.717, 1.165) is 0 Å². The molecule has 1 aromatic heterocycles. The summed E-state index contributed by atoms with van der Waals surface area (Å²) in [5, 5.41) is 3.59. The van der Waals surface area contributed by atoms with E-state index in [0.29, 0.717) is 5.56 Å². The van der Waals surface area contributed by atoms with Gasteiger partial charge in [0.15, 0.2) is 12.4 Å². The van der Waals surface area contributed by atoms with Crippen LogP contribution in [0.2, 0.25) is 0 Å². The SMILES string of the molecule is Cc1noc(C)c1S(=O)(=O)NCc1ccc(OCC(F)(F)F)cc1. The van der Waals surface area contributed by atoms with Crippen molar-refractivity contribution in [1.29, 1.82) is 0 Å². The molecule has 0 saturated carbocycles. The first-order chi connectivity index (χ1) is 11.1. The van der Waals surface area contributed by atoms with E-state index in [2.05, 4.69) is 14.6 Å². The summed E-state index contributed by atoms with van der Waals surface area (Å²) in [5.41, 5.74) is 0.806. The molecule has 2 aromatic rings. The molecule has 1 N–H and O–H groups in total. The Morgan fingerprint density at radius 1 is 1.21 bits per heavy atom. The maximum atomic E-state index is 12.2. The molecule has 1 aromatic carbocycles. The highest BCUT2D eigenvalue weighted by Crippen LogP contribution is 2.20. The van der Waals surface area contributed by atoms with Crippen LogP contribution >= 0.6 is 0 Å². The minimum Gasteiger partial charge on any atom is -0.484 e. The Bertz CT molecular complexity index is 779. The summed E-state index contributed by atoms with van der Waals surface area (Å²) in [7, 11) is -3.80. The number of aryl methyl sites for hydroxylation is 2. The Hall–Kier alpha value is -2.07. The third-order valence-electron chi connectivity index (χ3n) is 3.03. The van der Waals surface area contributed by atoms with Crippen molar-refractivity contribution in [1.82, 2.24) is 9.88 Å². The second kappa shape index (κ2) is 6.81. The lowest BCUT2D eigenvalue weighted by molar-refractivity contribution is -0.153. The second-order valence-electron chi connectivity index (χ2n) is 5.03. The van der Waals surface area contributed by atoms with Gasteiger partial charge >= 0.3 is 6.18 Å². The van der Waals surface area contributed by atoms with Gasteiger partial charge in [-0.1, -0.05) is 17.3 Å². The molecule has 0 saturated heterocycles. The summed E-state index contributed by atoms with van der Waals surface area (Å²) in [5.74, 6) is 0.223. The highest BCUT2D eigenvalue weighted by molar-refractivity contribution is 7.89. The lowest BCUT2D eigenvalue weighted by atomic mass is 10.2. The van der Waals surface area contributed by atoms with Crippen LogP contribution in [0.3, 0.4) is 0 Å². The first-order valence-electron chi connectivity index (χ1n) is 6.79. The van der Waals surface area contributed by atoms with Crippen molar-refractivity contribution in [3.05, 3.63) is 41.3 Å². The van der Waals surface area contributed by atoms with E-state index < -0.39 is 22.8 Å². The lowest BCUT2D eigenvalue weighted by Gasteiger charge is -2.10. The van der Waals surface area contributed by atoms with Gasteiger partial charge in [-0.15, -0.1) is 0 Å². The van der Waals surface area contributed by atoms with Crippen molar-refractivity contribution in [2.45, 2.75) is 31.5 Å². The Morgan fingerprint density at radius 2 is 1.83 bits per heavy atom. The van der Waals surface area contributed by atoms with Gasteiger partial charge in [-0.25, -0.2) is 13.1 Å². The minimum absolute atomic E-state index is 0.0207. The Balaban J connectivity index is 2.00. The van der Waals surface area contributed by atoms with Crippen LogP contribution in [-0.2, 0) is 16.6 Å². The maximum absolute atomic E-state index is 12.2. The van der Waals surface area contributed by atoms with Crippen molar-refractivity contribution in [2.24, 2.45) is 0 Å². The molecule has 0 aliphatic carbocycles. The average molecular weight is 364 g/mol. The van der Waals surface area contributed by atoms with Gasteiger partial charge in [0.2, 0.25) is 10.0 Å². The van der Waals surface area contributed by atoms with Crippen LogP contribution in [0.1, 0.15) is 17.0 Å². The van der Waals surface area contributed by atoms with Crippen molar-refractivity contribution in [3.63, 3.8) is 0 Å². The summed E-state index contributed by atoms with van der Waals surface area (Å²) in [6.07, 6.45) is -4.41. The van der Waals surface area contributed by atoms with Crippen molar-refractivity contribution in [3.8, 4) is 5.75 Å². The van der Waals surface area contributed by atoms with Crippen molar-refractivity contribution in [2.75, 3.05) is 6.61 Å². The first-order valence-corrected chi connectivity index (χ1v) is 8.28. The monoisotopic (exact) mass is 364 g/mol. The van der Waals surface area contributed by atoms with E-state index in [-0.39, 0.29) is 28.6 Å². The molecule has 0 radical (unpaired) electrons. The van der Waals surface area contributed by atoms with Crippen molar-refractivity contribution < 1.29 is 30.8 Å². The Morgan fingerprint density at radius 3 is 2.33 bits per heavy atom. The number of sulfonamides is 1. The van der Waals surface area contributed by atoms with Gasteiger partial charge in [-0.2, -0.15) is 13.2 Å². The number of nitrogens with zero attached hydrogens (tertiary/aromatic N) is 1. The molecule has 0 unspecified atom stereocenters. The van der Waals surface area contributed by atoms with Crippen LogP contribution in [0, 0.1) is 13.8 Å². The zero-order valence-corrected chi connectivity index (χ0v) is 13.7. The van der Waals surface area contributed by atoms with Crippen LogP contribution in [-0.4, -0.2) is 26.4 Å². The maximum Gasteiger partial charge on any atom is 0.422 e. The number of ether oxygens (including phenoxy) is 1. The number of alkyl halides is 3. The van der Waals surface area contributed by atoms with E-state index in [1.54, 1.807) is 0 Å². The molecule has 0 amide bonds. The van der Waals surface area contributed by atoms with Crippen LogP contribution in [0.25, 0.3) is 0 Å². The molecule has 0 fully saturated rings. The van der Waals surface area contributed by atoms with Gasteiger partial charge in [-0.3, -0.25) is 0 Å². The summed E-state index contributed by atoms with van der Waals surface area (Å²) in [4.78, 5) is -0.0207. The van der Waals surface area contributed by atoms with E-state index in [1.807, 2.05) is 0 Å². The molecule has 132 valence electrons. The summed E-state index contributed by atoms with van der Waals surface area (Å²) in [6.45, 7) is 1.58. The van der Waals surface area contributed by atoms with E-state index >= 15 is 0 Å². The topological polar surface area (TPSA) is 81.4 Å². The standard InChI is InChI=1S/C14H15F3N2O4S/c1-9-13(10(2)23-19-9)24(20,21)18-7-11-3-5-12(6-4-11)22-8-14(15,16)17/h3-6,18H,7-8H2,1-2H3. The fourth-order valence-electron chi connectivity index (χ4n) is 1.98. The minimum atomic E-state index is -4.41. The fourth-order valence-corrected chi connectivity index (χ4v) is 3.32. The molecule has 0 aliphatic rings. The molecule has 0 bridgehead atoms. The van der Waals surface area contributed by atoms with Crippen LogP contribution in [0.4, 0.5) is 13.2 Å². The Labute approximate surface area is 136 Å². The number of halogens is 3. The van der Waals surface area contributed by atoms with E-state index in [9.17, 15) is 21.6 Å². The molecule has 0 atom stereocenters. The fraction of sp³-hybridized carbons (Fsp3) is 0.357. The number of nitrogens with one attached hydrogen (secondary N) is 1.